The molecule has 2 aromatic carbocycles. The van der Waals surface area contributed by atoms with Gasteiger partial charge in [0.2, 0.25) is 5.95 Å². The van der Waals surface area contributed by atoms with E-state index < -0.39 is 0 Å². The van der Waals surface area contributed by atoms with E-state index >= 15 is 0 Å². The van der Waals surface area contributed by atoms with Crippen LogP contribution in [0.15, 0.2) is 60.9 Å². The molecule has 29 heavy (non-hydrogen) atoms. The summed E-state index contributed by atoms with van der Waals surface area (Å²) in [6.07, 6.45) is 3.14. The Hall–Kier alpha value is -3.41. The normalized spacial score (nSPS) is 10.7. The van der Waals surface area contributed by atoms with E-state index in [1.807, 2.05) is 76.2 Å². The van der Waals surface area contributed by atoms with E-state index in [9.17, 15) is 4.79 Å². The van der Waals surface area contributed by atoms with E-state index in [4.69, 9.17) is 4.74 Å². The number of amides is 1. The molecule has 150 valence electrons. The highest BCUT2D eigenvalue weighted by atomic mass is 16.5. The van der Waals surface area contributed by atoms with Crippen LogP contribution in [0.2, 0.25) is 0 Å². The van der Waals surface area contributed by atoms with Crippen molar-refractivity contribution < 1.29 is 9.53 Å². The minimum absolute atomic E-state index is 0.0560. The molecular weight excluding hydrogens is 364 g/mol. The number of nitrogens with one attached hydrogen (secondary N) is 1. The summed E-state index contributed by atoms with van der Waals surface area (Å²) in [6, 6.07) is 15.5. The van der Waals surface area contributed by atoms with E-state index in [2.05, 4.69) is 15.3 Å². The first kappa shape index (κ1) is 20.3. The third-order valence-corrected chi connectivity index (χ3v) is 4.27. The van der Waals surface area contributed by atoms with Crippen LogP contribution >= 0.6 is 0 Å². The quantitative estimate of drug-likeness (QED) is 0.616. The number of ether oxygens (including phenoxy) is 1. The van der Waals surface area contributed by atoms with Gasteiger partial charge >= 0.3 is 0 Å². The molecule has 3 aromatic rings. The molecule has 0 saturated heterocycles. The molecule has 0 fully saturated rings. The molecular formula is C23H26N4O2. The fourth-order valence-corrected chi connectivity index (χ4v) is 2.95. The lowest BCUT2D eigenvalue weighted by molar-refractivity contribution is 0.0987. The van der Waals surface area contributed by atoms with Crippen molar-refractivity contribution >= 4 is 23.2 Å². The fourth-order valence-electron chi connectivity index (χ4n) is 2.95. The van der Waals surface area contributed by atoms with Gasteiger partial charge in [0.25, 0.3) is 5.91 Å². The van der Waals surface area contributed by atoms with Gasteiger partial charge in [-0.3, -0.25) is 4.79 Å². The molecule has 0 atom stereocenters. The number of carbonyl (C=O) groups excluding carboxylic acids is 1. The number of para-hydroxylation sites is 2. The van der Waals surface area contributed by atoms with Gasteiger partial charge in [0.15, 0.2) is 0 Å². The maximum atomic E-state index is 12.9. The Kier molecular flexibility index (Phi) is 6.44. The molecule has 1 aromatic heterocycles. The van der Waals surface area contributed by atoms with Crippen molar-refractivity contribution in [1.29, 1.82) is 0 Å². The number of benzene rings is 2. The number of aromatic nitrogens is 2. The number of carbonyl (C=O) groups is 1. The molecule has 0 bridgehead atoms. The second-order valence-electron chi connectivity index (χ2n) is 6.97. The topological polar surface area (TPSA) is 67.4 Å². The minimum Gasteiger partial charge on any atom is -0.489 e. The zero-order valence-corrected chi connectivity index (χ0v) is 17.2. The molecule has 1 amide bonds. The number of rotatable bonds is 7. The van der Waals surface area contributed by atoms with Crippen molar-refractivity contribution in [3.8, 4) is 5.75 Å². The van der Waals surface area contributed by atoms with E-state index in [0.29, 0.717) is 18.1 Å². The second-order valence-corrected chi connectivity index (χ2v) is 6.97. The largest absolute Gasteiger partial charge is 0.489 e. The maximum Gasteiger partial charge on any atom is 0.261 e. The highest BCUT2D eigenvalue weighted by Crippen LogP contribution is 2.27. The molecule has 0 unspecified atom stereocenters. The lowest BCUT2D eigenvalue weighted by Crippen LogP contribution is -2.30. The number of anilines is 3. The summed E-state index contributed by atoms with van der Waals surface area (Å²) in [6.45, 7) is 8.46. The average molecular weight is 390 g/mol. The summed E-state index contributed by atoms with van der Waals surface area (Å²) < 4.78 is 5.81. The molecule has 0 saturated carbocycles. The summed E-state index contributed by atoms with van der Waals surface area (Å²) in [5.41, 5.74) is 3.17. The fraction of sp³-hybridized carbons (Fsp3) is 0.261. The Morgan fingerprint density at radius 1 is 1.10 bits per heavy atom. The molecule has 0 aliphatic rings. The molecule has 3 rings (SSSR count). The Morgan fingerprint density at radius 3 is 2.48 bits per heavy atom. The molecule has 0 spiro atoms. The van der Waals surface area contributed by atoms with E-state index in [-0.39, 0.29) is 12.0 Å². The van der Waals surface area contributed by atoms with E-state index in [0.717, 1.165) is 22.7 Å². The summed E-state index contributed by atoms with van der Waals surface area (Å²) in [5, 5.41) is 3.15. The van der Waals surface area contributed by atoms with Crippen LogP contribution in [0.1, 0.15) is 36.7 Å². The van der Waals surface area contributed by atoms with Crippen LogP contribution in [0.3, 0.4) is 0 Å². The number of aryl methyl sites for hydroxylation is 1. The van der Waals surface area contributed by atoms with Gasteiger partial charge in [0, 0.05) is 24.6 Å². The number of hydrogen-bond acceptors (Lipinski definition) is 5. The Bertz CT molecular complexity index is 971. The second kappa shape index (κ2) is 9.19. The summed E-state index contributed by atoms with van der Waals surface area (Å²) in [4.78, 5) is 23.3. The monoisotopic (exact) mass is 390 g/mol. The van der Waals surface area contributed by atoms with Crippen molar-refractivity contribution in [1.82, 2.24) is 9.97 Å². The van der Waals surface area contributed by atoms with Crippen molar-refractivity contribution in [3.63, 3.8) is 0 Å². The van der Waals surface area contributed by atoms with Gasteiger partial charge in [-0.15, -0.1) is 0 Å². The lowest BCUT2D eigenvalue weighted by Gasteiger charge is -2.21. The van der Waals surface area contributed by atoms with Gasteiger partial charge in [-0.05, 0) is 57.5 Å². The Labute approximate surface area is 171 Å². The van der Waals surface area contributed by atoms with Gasteiger partial charge in [-0.1, -0.05) is 24.3 Å². The van der Waals surface area contributed by atoms with Crippen LogP contribution in [0.4, 0.5) is 17.3 Å². The zero-order chi connectivity index (χ0) is 20.8. The molecule has 6 heteroatoms. The predicted molar refractivity (Wildman–Crippen MR) is 116 cm³/mol. The van der Waals surface area contributed by atoms with Gasteiger partial charge in [-0.2, -0.15) is 0 Å². The van der Waals surface area contributed by atoms with Gasteiger partial charge in [0.1, 0.15) is 5.75 Å². The third-order valence-electron chi connectivity index (χ3n) is 4.27. The summed E-state index contributed by atoms with van der Waals surface area (Å²) in [7, 11) is 0. The highest BCUT2D eigenvalue weighted by molar-refractivity contribution is 6.05. The van der Waals surface area contributed by atoms with Crippen LogP contribution in [0, 0.1) is 6.92 Å². The first-order chi connectivity index (χ1) is 14.0. The summed E-state index contributed by atoms with van der Waals surface area (Å²) >= 11 is 0. The Morgan fingerprint density at radius 2 is 1.83 bits per heavy atom. The molecule has 1 heterocycles. The van der Waals surface area contributed by atoms with E-state index in [1.165, 1.54) is 0 Å². The highest BCUT2D eigenvalue weighted by Gasteiger charge is 2.17. The van der Waals surface area contributed by atoms with Crippen molar-refractivity contribution in [3.05, 3.63) is 72.1 Å². The van der Waals surface area contributed by atoms with Crippen LogP contribution < -0.4 is 15.0 Å². The first-order valence-electron chi connectivity index (χ1n) is 9.71. The molecule has 0 aliphatic carbocycles. The van der Waals surface area contributed by atoms with Gasteiger partial charge in [0.05, 0.1) is 17.4 Å². The third kappa shape index (κ3) is 5.10. The predicted octanol–water partition coefficient (Wildman–Crippen LogP) is 4.98. The number of hydrogen-bond donors (Lipinski definition) is 1. The smallest absolute Gasteiger partial charge is 0.261 e. The van der Waals surface area contributed by atoms with Crippen LogP contribution in [0.5, 0.6) is 5.75 Å². The van der Waals surface area contributed by atoms with Crippen LogP contribution in [0.25, 0.3) is 0 Å². The van der Waals surface area contributed by atoms with Gasteiger partial charge < -0.3 is 15.0 Å². The molecule has 6 nitrogen and oxygen atoms in total. The van der Waals surface area contributed by atoms with Crippen molar-refractivity contribution in [2.75, 3.05) is 16.8 Å². The van der Waals surface area contributed by atoms with Gasteiger partial charge in [-0.25, -0.2) is 9.97 Å². The molecule has 0 aliphatic heterocycles. The lowest BCUT2D eigenvalue weighted by atomic mass is 10.2. The standard InChI is InChI=1S/C23H26N4O2/c1-5-27(19-10-8-9-17(4)13-19)22(28)18-14-24-23(25-15-18)26-20-11-6-7-12-21(20)29-16(2)3/h6-16H,5H2,1-4H3,(H,24,25,26). The summed E-state index contributed by atoms with van der Waals surface area (Å²) in [5.74, 6) is 0.996. The van der Waals surface area contributed by atoms with Crippen molar-refractivity contribution in [2.45, 2.75) is 33.8 Å². The average Bonchev–Trinajstić information content (AvgIpc) is 2.70. The van der Waals surface area contributed by atoms with E-state index in [1.54, 1.807) is 17.3 Å². The SMILES string of the molecule is CCN(C(=O)c1cnc(Nc2ccccc2OC(C)C)nc1)c1cccc(C)c1. The number of nitrogens with zero attached hydrogens (tertiary/aromatic N) is 3. The Balaban J connectivity index is 1.77. The van der Waals surface area contributed by atoms with Crippen molar-refractivity contribution in [2.24, 2.45) is 0 Å². The van der Waals surface area contributed by atoms with Crippen LogP contribution in [-0.4, -0.2) is 28.5 Å². The maximum absolute atomic E-state index is 12.9. The first-order valence-corrected chi connectivity index (χ1v) is 9.71. The molecule has 0 radical (unpaired) electrons. The molecule has 1 N–H and O–H groups in total. The minimum atomic E-state index is -0.131. The van der Waals surface area contributed by atoms with Crippen LogP contribution in [-0.2, 0) is 0 Å². The zero-order valence-electron chi connectivity index (χ0n) is 17.2.